The van der Waals surface area contributed by atoms with E-state index in [9.17, 15) is 4.39 Å². The third-order valence-electron chi connectivity index (χ3n) is 2.84. The lowest BCUT2D eigenvalue weighted by molar-refractivity contribution is 0.299. The van der Waals surface area contributed by atoms with Crippen LogP contribution in [0.15, 0.2) is 36.4 Å². The zero-order valence-corrected chi connectivity index (χ0v) is 12.2. The lowest BCUT2D eigenvalue weighted by Crippen LogP contribution is -2.00. The lowest BCUT2D eigenvalue weighted by Gasteiger charge is -2.10. The molecule has 0 spiro atoms. The second kappa shape index (κ2) is 7.12. The van der Waals surface area contributed by atoms with Crippen molar-refractivity contribution >= 4 is 11.6 Å². The van der Waals surface area contributed by atoms with Crippen molar-refractivity contribution in [2.45, 2.75) is 13.5 Å². The SMILES string of the molecule is Cc1ccc(OCc2ccc(Cl)cc2F)c(C#CCO)c1. The van der Waals surface area contributed by atoms with Crippen molar-refractivity contribution in [1.82, 2.24) is 0 Å². The molecule has 2 nitrogen and oxygen atoms in total. The predicted molar refractivity (Wildman–Crippen MR) is 80.9 cm³/mol. The molecule has 0 saturated heterocycles. The Hall–Kier alpha value is -2.02. The van der Waals surface area contributed by atoms with Gasteiger partial charge in [0.05, 0.1) is 5.56 Å². The molecule has 0 bridgehead atoms. The maximum absolute atomic E-state index is 13.7. The first-order valence-corrected chi connectivity index (χ1v) is 6.75. The molecule has 0 amide bonds. The summed E-state index contributed by atoms with van der Waals surface area (Å²) < 4.78 is 19.3. The highest BCUT2D eigenvalue weighted by Crippen LogP contribution is 2.22. The fourth-order valence-corrected chi connectivity index (χ4v) is 1.96. The number of aryl methyl sites for hydroxylation is 1. The Bertz CT molecular complexity index is 702. The minimum Gasteiger partial charge on any atom is -0.487 e. The molecule has 0 aliphatic heterocycles. The fourth-order valence-electron chi connectivity index (χ4n) is 1.80. The molecule has 0 fully saturated rings. The molecule has 0 atom stereocenters. The van der Waals surface area contributed by atoms with Gasteiger partial charge in [-0.15, -0.1) is 0 Å². The quantitative estimate of drug-likeness (QED) is 0.876. The highest BCUT2D eigenvalue weighted by molar-refractivity contribution is 6.30. The number of aliphatic hydroxyl groups excluding tert-OH is 1. The normalized spacial score (nSPS) is 9.90. The van der Waals surface area contributed by atoms with Gasteiger partial charge in [0.15, 0.2) is 0 Å². The smallest absolute Gasteiger partial charge is 0.135 e. The third-order valence-corrected chi connectivity index (χ3v) is 3.07. The van der Waals surface area contributed by atoms with Gasteiger partial charge in [-0.3, -0.25) is 0 Å². The number of hydrogen-bond donors (Lipinski definition) is 1. The standard InChI is InChI=1S/C17H14ClFO2/c1-12-4-7-17(13(9-12)3-2-8-20)21-11-14-5-6-15(18)10-16(14)19/h4-7,9-10,20H,8,11H2,1H3. The Morgan fingerprint density at radius 2 is 2.05 bits per heavy atom. The monoisotopic (exact) mass is 304 g/mol. The van der Waals surface area contributed by atoms with Crippen LogP contribution in [0.1, 0.15) is 16.7 Å². The summed E-state index contributed by atoms with van der Waals surface area (Å²) >= 11 is 5.71. The van der Waals surface area contributed by atoms with Gasteiger partial charge in [0.2, 0.25) is 0 Å². The highest BCUT2D eigenvalue weighted by Gasteiger charge is 2.06. The summed E-state index contributed by atoms with van der Waals surface area (Å²) in [5, 5.41) is 9.13. The number of ether oxygens (including phenoxy) is 1. The van der Waals surface area contributed by atoms with E-state index in [1.165, 1.54) is 6.07 Å². The van der Waals surface area contributed by atoms with Crippen molar-refractivity contribution in [2.24, 2.45) is 0 Å². The van der Waals surface area contributed by atoms with E-state index in [1.807, 2.05) is 19.1 Å². The molecule has 108 valence electrons. The van der Waals surface area contributed by atoms with Crippen molar-refractivity contribution in [1.29, 1.82) is 0 Å². The lowest BCUT2D eigenvalue weighted by atomic mass is 10.1. The van der Waals surface area contributed by atoms with Crippen LogP contribution < -0.4 is 4.74 Å². The number of benzene rings is 2. The van der Waals surface area contributed by atoms with Crippen LogP contribution in [0.3, 0.4) is 0 Å². The molecule has 0 aromatic heterocycles. The number of halogens is 2. The Morgan fingerprint density at radius 3 is 2.76 bits per heavy atom. The van der Waals surface area contributed by atoms with Crippen molar-refractivity contribution in [3.63, 3.8) is 0 Å². The van der Waals surface area contributed by atoms with Gasteiger partial charge in [-0.1, -0.05) is 35.6 Å². The van der Waals surface area contributed by atoms with Crippen LogP contribution >= 0.6 is 11.6 Å². The zero-order chi connectivity index (χ0) is 15.2. The average Bonchev–Trinajstić information content (AvgIpc) is 2.45. The molecule has 0 unspecified atom stereocenters. The van der Waals surface area contributed by atoms with E-state index in [1.54, 1.807) is 18.2 Å². The molecule has 21 heavy (non-hydrogen) atoms. The van der Waals surface area contributed by atoms with Crippen LogP contribution in [0, 0.1) is 24.6 Å². The first-order valence-electron chi connectivity index (χ1n) is 6.37. The Balaban J connectivity index is 2.19. The summed E-state index contributed by atoms with van der Waals surface area (Å²) in [7, 11) is 0. The number of hydrogen-bond acceptors (Lipinski definition) is 2. The van der Waals surface area contributed by atoms with Crippen molar-refractivity contribution in [2.75, 3.05) is 6.61 Å². The van der Waals surface area contributed by atoms with Gasteiger partial charge in [0, 0.05) is 10.6 Å². The molecule has 2 aromatic rings. The number of rotatable bonds is 3. The van der Waals surface area contributed by atoms with Crippen LogP contribution in [0.5, 0.6) is 5.75 Å². The predicted octanol–water partition coefficient (Wildman–Crippen LogP) is 3.71. The van der Waals surface area contributed by atoms with E-state index in [2.05, 4.69) is 11.8 Å². The minimum atomic E-state index is -0.405. The molecule has 1 N–H and O–H groups in total. The molecule has 0 radical (unpaired) electrons. The van der Waals surface area contributed by atoms with Gasteiger partial charge in [0.25, 0.3) is 0 Å². The van der Waals surface area contributed by atoms with Crippen LogP contribution in [-0.2, 0) is 6.61 Å². The summed E-state index contributed by atoms with van der Waals surface area (Å²) in [6.45, 7) is 1.80. The third kappa shape index (κ3) is 4.22. The minimum absolute atomic E-state index is 0.0832. The number of aliphatic hydroxyl groups is 1. The van der Waals surface area contributed by atoms with Gasteiger partial charge >= 0.3 is 0 Å². The Morgan fingerprint density at radius 1 is 1.24 bits per heavy atom. The molecule has 4 heteroatoms. The first kappa shape index (κ1) is 15.4. The highest BCUT2D eigenvalue weighted by atomic mass is 35.5. The van der Waals surface area contributed by atoms with Gasteiger partial charge in [-0.2, -0.15) is 0 Å². The molecule has 2 aromatic carbocycles. The largest absolute Gasteiger partial charge is 0.487 e. The van der Waals surface area contributed by atoms with Gasteiger partial charge < -0.3 is 9.84 Å². The van der Waals surface area contributed by atoms with E-state index in [0.29, 0.717) is 21.9 Å². The van der Waals surface area contributed by atoms with E-state index >= 15 is 0 Å². The second-order valence-electron chi connectivity index (χ2n) is 4.48. The summed E-state index contributed by atoms with van der Waals surface area (Å²) in [5.41, 5.74) is 2.11. The summed E-state index contributed by atoms with van der Waals surface area (Å²) in [6, 6.07) is 9.98. The van der Waals surface area contributed by atoms with E-state index in [4.69, 9.17) is 21.4 Å². The van der Waals surface area contributed by atoms with Crippen LogP contribution in [-0.4, -0.2) is 11.7 Å². The van der Waals surface area contributed by atoms with Gasteiger partial charge in [-0.25, -0.2) is 4.39 Å². The zero-order valence-electron chi connectivity index (χ0n) is 11.5. The Labute approximate surface area is 128 Å². The molecular formula is C17H14ClFO2. The van der Waals surface area contributed by atoms with Crippen LogP contribution in [0.25, 0.3) is 0 Å². The first-order chi connectivity index (χ1) is 10.1. The van der Waals surface area contributed by atoms with Gasteiger partial charge in [-0.05, 0) is 36.8 Å². The van der Waals surface area contributed by atoms with Crippen molar-refractivity contribution in [3.8, 4) is 17.6 Å². The molecule has 0 saturated carbocycles. The van der Waals surface area contributed by atoms with Crippen molar-refractivity contribution in [3.05, 3.63) is 63.9 Å². The van der Waals surface area contributed by atoms with Crippen LogP contribution in [0.2, 0.25) is 5.02 Å². The maximum Gasteiger partial charge on any atom is 0.135 e. The summed E-state index contributed by atoms with van der Waals surface area (Å²) in [6.07, 6.45) is 0. The topological polar surface area (TPSA) is 29.5 Å². The van der Waals surface area contributed by atoms with Crippen LogP contribution in [0.4, 0.5) is 4.39 Å². The van der Waals surface area contributed by atoms with Gasteiger partial charge in [0.1, 0.15) is 24.8 Å². The molecule has 2 rings (SSSR count). The van der Waals surface area contributed by atoms with E-state index in [-0.39, 0.29) is 13.2 Å². The van der Waals surface area contributed by atoms with E-state index < -0.39 is 5.82 Å². The second-order valence-corrected chi connectivity index (χ2v) is 4.92. The summed E-state index contributed by atoms with van der Waals surface area (Å²) in [5.74, 6) is 5.55. The molecule has 0 heterocycles. The average molecular weight is 305 g/mol. The summed E-state index contributed by atoms with van der Waals surface area (Å²) in [4.78, 5) is 0. The molecule has 0 aliphatic carbocycles. The molecule has 0 aliphatic rings. The maximum atomic E-state index is 13.7. The van der Waals surface area contributed by atoms with E-state index in [0.717, 1.165) is 5.56 Å². The van der Waals surface area contributed by atoms with Crippen molar-refractivity contribution < 1.29 is 14.2 Å². The fraction of sp³-hybridized carbons (Fsp3) is 0.176. The molecular weight excluding hydrogens is 291 g/mol. The Kier molecular flexibility index (Phi) is 5.21.